The van der Waals surface area contributed by atoms with Gasteiger partial charge in [-0.25, -0.2) is 4.98 Å². The van der Waals surface area contributed by atoms with Crippen LogP contribution in [0.5, 0.6) is 0 Å². The number of esters is 1. The number of nitrogens with one attached hydrogen (secondary N) is 1. The van der Waals surface area contributed by atoms with Crippen molar-refractivity contribution < 1.29 is 31.9 Å². The Morgan fingerprint density at radius 1 is 1.34 bits per heavy atom. The number of methoxy groups -OCH3 is 1. The molecule has 10 heteroatoms. The van der Waals surface area contributed by atoms with Crippen LogP contribution in [-0.4, -0.2) is 48.0 Å². The molecule has 1 aliphatic rings. The first-order chi connectivity index (χ1) is 13.7. The third-order valence-corrected chi connectivity index (χ3v) is 4.73. The molecular weight excluding hydrogens is 391 g/mol. The number of rotatable bonds is 5. The number of ether oxygens (including phenoxy) is 1. The fourth-order valence-electron chi connectivity index (χ4n) is 3.11. The molecule has 3 rings (SSSR count). The average Bonchev–Trinajstić information content (AvgIpc) is 3.04. The maximum atomic E-state index is 12.7. The highest BCUT2D eigenvalue weighted by Crippen LogP contribution is 2.31. The van der Waals surface area contributed by atoms with E-state index in [1.54, 1.807) is 11.8 Å². The van der Waals surface area contributed by atoms with E-state index in [0.29, 0.717) is 30.1 Å². The Kier molecular flexibility index (Phi) is 5.92. The quantitative estimate of drug-likeness (QED) is 0.762. The molecule has 1 amide bonds. The molecule has 2 aromatic rings. The summed E-state index contributed by atoms with van der Waals surface area (Å²) < 4.78 is 48.5. The van der Waals surface area contributed by atoms with Crippen LogP contribution in [0.1, 0.15) is 23.4 Å². The van der Waals surface area contributed by atoms with Gasteiger partial charge in [0.25, 0.3) is 0 Å². The Bertz CT molecular complexity index is 893. The fourth-order valence-corrected chi connectivity index (χ4v) is 3.11. The Morgan fingerprint density at radius 3 is 2.66 bits per heavy atom. The van der Waals surface area contributed by atoms with Crippen LogP contribution in [0.15, 0.2) is 28.7 Å². The minimum absolute atomic E-state index is 0.0923. The summed E-state index contributed by atoms with van der Waals surface area (Å²) in [5, 5.41) is 2.72. The number of aryl methyl sites for hydroxylation is 1. The van der Waals surface area contributed by atoms with E-state index in [0.717, 1.165) is 12.1 Å². The predicted octanol–water partition coefficient (Wildman–Crippen LogP) is 2.53. The summed E-state index contributed by atoms with van der Waals surface area (Å²) in [6.45, 7) is 2.88. The lowest BCUT2D eigenvalue weighted by molar-refractivity contribution is -0.146. The number of carbonyl (C=O) groups excluding carboxylic acids is 2. The van der Waals surface area contributed by atoms with Crippen LogP contribution in [0.25, 0.3) is 11.5 Å². The summed E-state index contributed by atoms with van der Waals surface area (Å²) in [5.41, 5.74) is 0.203. The van der Waals surface area contributed by atoms with Crippen LogP contribution in [0.2, 0.25) is 0 Å². The number of hydrogen-bond donors (Lipinski definition) is 1. The van der Waals surface area contributed by atoms with Gasteiger partial charge in [0.05, 0.1) is 24.8 Å². The highest BCUT2D eigenvalue weighted by Gasteiger charge is 2.33. The van der Waals surface area contributed by atoms with Gasteiger partial charge in [-0.3, -0.25) is 14.5 Å². The van der Waals surface area contributed by atoms with Crippen molar-refractivity contribution in [3.63, 3.8) is 0 Å². The molecule has 0 bridgehead atoms. The lowest BCUT2D eigenvalue weighted by Crippen LogP contribution is -2.55. The number of alkyl halides is 3. The second kappa shape index (κ2) is 8.24. The summed E-state index contributed by atoms with van der Waals surface area (Å²) in [6.07, 6.45) is -4.51. The number of oxazole rings is 1. The Balaban J connectivity index is 1.79. The maximum Gasteiger partial charge on any atom is 0.416 e. The summed E-state index contributed by atoms with van der Waals surface area (Å²) in [4.78, 5) is 30.0. The van der Waals surface area contributed by atoms with Gasteiger partial charge in [0, 0.05) is 25.2 Å². The van der Waals surface area contributed by atoms with Crippen LogP contribution >= 0.6 is 0 Å². The molecule has 1 N–H and O–H groups in total. The number of halogens is 3. The van der Waals surface area contributed by atoms with Gasteiger partial charge in [-0.2, -0.15) is 13.2 Å². The molecule has 0 unspecified atom stereocenters. The van der Waals surface area contributed by atoms with Crippen molar-refractivity contribution in [3.05, 3.63) is 41.3 Å². The van der Waals surface area contributed by atoms with E-state index in [4.69, 9.17) is 4.42 Å². The maximum absolute atomic E-state index is 12.7. The van der Waals surface area contributed by atoms with Crippen LogP contribution < -0.4 is 5.32 Å². The minimum Gasteiger partial charge on any atom is -0.469 e. The summed E-state index contributed by atoms with van der Waals surface area (Å²) in [5.74, 6) is -0.0926. The zero-order valence-corrected chi connectivity index (χ0v) is 15.9. The standard InChI is InChI=1S/C19H20F3N3O4/c1-11-14(10-25-8-7-23-17(27)15(25)9-16(26)28-2)24-18(29-11)12-3-5-13(6-4-12)19(20,21)22/h3-6,15H,7-10H2,1-2H3,(H,23,27)/t15-/m0/s1. The first-order valence-electron chi connectivity index (χ1n) is 8.91. The van der Waals surface area contributed by atoms with Gasteiger partial charge in [0.15, 0.2) is 0 Å². The molecule has 156 valence electrons. The third-order valence-electron chi connectivity index (χ3n) is 4.73. The number of carbonyl (C=O) groups is 2. The summed E-state index contributed by atoms with van der Waals surface area (Å²) in [7, 11) is 1.26. The Hall–Kier alpha value is -2.88. The lowest BCUT2D eigenvalue weighted by atomic mass is 10.1. The van der Waals surface area contributed by atoms with Crippen molar-refractivity contribution in [1.29, 1.82) is 0 Å². The van der Waals surface area contributed by atoms with Gasteiger partial charge in [0.2, 0.25) is 11.8 Å². The zero-order chi connectivity index (χ0) is 21.2. The number of benzene rings is 1. The normalized spacial score (nSPS) is 17.8. The molecule has 1 fully saturated rings. The predicted molar refractivity (Wildman–Crippen MR) is 95.5 cm³/mol. The topological polar surface area (TPSA) is 84.7 Å². The third kappa shape index (κ3) is 4.76. The van der Waals surface area contributed by atoms with E-state index in [9.17, 15) is 22.8 Å². The number of amides is 1. The molecule has 0 spiro atoms. The minimum atomic E-state index is -4.42. The van der Waals surface area contributed by atoms with E-state index in [1.807, 2.05) is 0 Å². The van der Waals surface area contributed by atoms with Crippen LogP contribution in [0, 0.1) is 6.92 Å². The van der Waals surface area contributed by atoms with E-state index < -0.39 is 23.8 Å². The number of nitrogens with zero attached hydrogens (tertiary/aromatic N) is 2. The van der Waals surface area contributed by atoms with Gasteiger partial charge in [-0.1, -0.05) is 0 Å². The van der Waals surface area contributed by atoms with Gasteiger partial charge >= 0.3 is 12.1 Å². The van der Waals surface area contributed by atoms with E-state index in [-0.39, 0.29) is 24.8 Å². The highest BCUT2D eigenvalue weighted by molar-refractivity contribution is 5.87. The van der Waals surface area contributed by atoms with Crippen molar-refractivity contribution >= 4 is 11.9 Å². The smallest absolute Gasteiger partial charge is 0.416 e. The number of hydrogen-bond acceptors (Lipinski definition) is 6. The van der Waals surface area contributed by atoms with Crippen molar-refractivity contribution in [2.75, 3.05) is 20.2 Å². The van der Waals surface area contributed by atoms with Crippen LogP contribution in [-0.2, 0) is 27.0 Å². The fraction of sp³-hybridized carbons (Fsp3) is 0.421. The molecular formula is C19H20F3N3O4. The molecule has 1 atom stereocenters. The second-order valence-electron chi connectivity index (χ2n) is 6.65. The summed E-state index contributed by atoms with van der Waals surface area (Å²) >= 11 is 0. The van der Waals surface area contributed by atoms with Crippen molar-refractivity contribution in [3.8, 4) is 11.5 Å². The van der Waals surface area contributed by atoms with Crippen LogP contribution in [0.3, 0.4) is 0 Å². The van der Waals surface area contributed by atoms with Crippen molar-refractivity contribution in [1.82, 2.24) is 15.2 Å². The molecule has 1 aromatic heterocycles. The summed E-state index contributed by atoms with van der Waals surface area (Å²) in [6, 6.07) is 3.84. The van der Waals surface area contributed by atoms with Gasteiger partial charge in [-0.05, 0) is 31.2 Å². The molecule has 0 radical (unpaired) electrons. The van der Waals surface area contributed by atoms with E-state index >= 15 is 0 Å². The van der Waals surface area contributed by atoms with Gasteiger partial charge in [0.1, 0.15) is 11.8 Å². The number of aromatic nitrogens is 1. The van der Waals surface area contributed by atoms with Crippen molar-refractivity contribution in [2.24, 2.45) is 0 Å². The SMILES string of the molecule is COC(=O)C[C@H]1C(=O)NCCN1Cc1nc(-c2ccc(C(F)(F)F)cc2)oc1C. The van der Waals surface area contributed by atoms with Crippen LogP contribution in [0.4, 0.5) is 13.2 Å². The van der Waals surface area contributed by atoms with Gasteiger partial charge in [-0.15, -0.1) is 0 Å². The average molecular weight is 411 g/mol. The molecule has 0 saturated carbocycles. The number of piperazine rings is 1. The molecule has 1 aliphatic heterocycles. The molecule has 0 aliphatic carbocycles. The van der Waals surface area contributed by atoms with Crippen molar-refractivity contribution in [2.45, 2.75) is 32.1 Å². The Labute approximate surface area is 164 Å². The zero-order valence-electron chi connectivity index (χ0n) is 15.9. The van der Waals surface area contributed by atoms with E-state index in [2.05, 4.69) is 15.0 Å². The molecule has 1 aromatic carbocycles. The first-order valence-corrected chi connectivity index (χ1v) is 8.91. The first kappa shape index (κ1) is 20.8. The molecule has 7 nitrogen and oxygen atoms in total. The van der Waals surface area contributed by atoms with E-state index in [1.165, 1.54) is 19.2 Å². The monoisotopic (exact) mass is 411 g/mol. The highest BCUT2D eigenvalue weighted by atomic mass is 19.4. The second-order valence-corrected chi connectivity index (χ2v) is 6.65. The molecule has 2 heterocycles. The lowest BCUT2D eigenvalue weighted by Gasteiger charge is -2.33. The molecule has 29 heavy (non-hydrogen) atoms. The van der Waals surface area contributed by atoms with Gasteiger partial charge < -0.3 is 14.5 Å². The largest absolute Gasteiger partial charge is 0.469 e. The Morgan fingerprint density at radius 2 is 2.03 bits per heavy atom. The molecule has 1 saturated heterocycles.